The Labute approximate surface area is 163 Å². The molecule has 0 saturated carbocycles. The standard InChI is InChI=1S/C20H16F3NO5/c21-20(22,23)12-24-17(25)11-28-19(26)18-15(10-27-13-6-2-1-3-7-13)14-8-4-5-9-16(14)29-18/h1-9H,10-12H2,(H,24,25). The van der Waals surface area contributed by atoms with E-state index in [0.717, 1.165) is 0 Å². The van der Waals surface area contributed by atoms with Crippen molar-refractivity contribution in [1.29, 1.82) is 0 Å². The Morgan fingerprint density at radius 2 is 1.69 bits per heavy atom. The van der Waals surface area contributed by atoms with Crippen LogP contribution in [0.4, 0.5) is 13.2 Å². The predicted octanol–water partition coefficient (Wildman–Crippen LogP) is 3.85. The Bertz CT molecular complexity index is 998. The average Bonchev–Trinajstić information content (AvgIpc) is 3.08. The van der Waals surface area contributed by atoms with Gasteiger partial charge in [0.25, 0.3) is 5.91 Å². The van der Waals surface area contributed by atoms with Crippen LogP contribution in [0.5, 0.6) is 5.75 Å². The van der Waals surface area contributed by atoms with Gasteiger partial charge in [0.1, 0.15) is 24.5 Å². The Morgan fingerprint density at radius 1 is 1.00 bits per heavy atom. The van der Waals surface area contributed by atoms with E-state index in [-0.39, 0.29) is 12.4 Å². The van der Waals surface area contributed by atoms with Crippen molar-refractivity contribution in [3.63, 3.8) is 0 Å². The van der Waals surface area contributed by atoms with Crippen molar-refractivity contribution in [2.24, 2.45) is 0 Å². The van der Waals surface area contributed by atoms with Crippen molar-refractivity contribution in [2.75, 3.05) is 13.2 Å². The van der Waals surface area contributed by atoms with Crippen molar-refractivity contribution in [1.82, 2.24) is 5.32 Å². The molecule has 1 amide bonds. The molecule has 0 aliphatic heterocycles. The number of hydrogen-bond acceptors (Lipinski definition) is 5. The second-order valence-electron chi connectivity index (χ2n) is 5.98. The number of benzene rings is 2. The highest BCUT2D eigenvalue weighted by atomic mass is 19.4. The normalized spacial score (nSPS) is 11.3. The first-order valence-electron chi connectivity index (χ1n) is 8.52. The molecule has 0 bridgehead atoms. The number of alkyl halides is 3. The van der Waals surface area contributed by atoms with Gasteiger partial charge in [0.2, 0.25) is 5.76 Å². The zero-order chi connectivity index (χ0) is 20.9. The number of carbonyl (C=O) groups is 2. The summed E-state index contributed by atoms with van der Waals surface area (Å²) in [6.07, 6.45) is -4.56. The predicted molar refractivity (Wildman–Crippen MR) is 96.3 cm³/mol. The van der Waals surface area contributed by atoms with Crippen LogP contribution in [0, 0.1) is 0 Å². The smallest absolute Gasteiger partial charge is 0.405 e. The Kier molecular flexibility index (Phi) is 6.06. The summed E-state index contributed by atoms with van der Waals surface area (Å²) in [5, 5.41) is 2.24. The molecule has 0 unspecified atom stereocenters. The van der Waals surface area contributed by atoms with E-state index in [1.165, 1.54) is 0 Å². The molecule has 0 aliphatic carbocycles. The largest absolute Gasteiger partial charge is 0.489 e. The van der Waals surface area contributed by atoms with Crippen LogP contribution in [0.15, 0.2) is 59.0 Å². The van der Waals surface area contributed by atoms with Crippen molar-refractivity contribution in [3.8, 4) is 5.75 Å². The highest BCUT2D eigenvalue weighted by Gasteiger charge is 2.28. The van der Waals surface area contributed by atoms with Crippen LogP contribution in [0.2, 0.25) is 0 Å². The highest BCUT2D eigenvalue weighted by Crippen LogP contribution is 2.28. The molecule has 0 saturated heterocycles. The third-order valence-corrected chi connectivity index (χ3v) is 3.83. The molecular formula is C20H16F3NO5. The fourth-order valence-electron chi connectivity index (χ4n) is 2.53. The first-order valence-corrected chi connectivity index (χ1v) is 8.52. The molecule has 3 aromatic rings. The lowest BCUT2D eigenvalue weighted by molar-refractivity contribution is -0.140. The van der Waals surface area contributed by atoms with Gasteiger partial charge in [0.05, 0.1) is 5.56 Å². The van der Waals surface area contributed by atoms with Crippen LogP contribution < -0.4 is 10.1 Å². The van der Waals surface area contributed by atoms with Gasteiger partial charge in [-0.2, -0.15) is 13.2 Å². The maximum Gasteiger partial charge on any atom is 0.405 e. The van der Waals surface area contributed by atoms with E-state index in [4.69, 9.17) is 13.9 Å². The lowest BCUT2D eigenvalue weighted by Crippen LogP contribution is -2.36. The summed E-state index contributed by atoms with van der Waals surface area (Å²) in [5.74, 6) is -1.65. The summed E-state index contributed by atoms with van der Waals surface area (Å²) in [6, 6.07) is 15.7. The van der Waals surface area contributed by atoms with Crippen LogP contribution in [-0.4, -0.2) is 31.2 Å². The number of furan rings is 1. The number of amides is 1. The van der Waals surface area contributed by atoms with Crippen molar-refractivity contribution in [3.05, 3.63) is 65.9 Å². The lowest BCUT2D eigenvalue weighted by atomic mass is 10.1. The minimum atomic E-state index is -4.56. The highest BCUT2D eigenvalue weighted by molar-refractivity contribution is 5.96. The molecule has 9 heteroatoms. The zero-order valence-corrected chi connectivity index (χ0v) is 15.0. The van der Waals surface area contributed by atoms with Gasteiger partial charge in [-0.3, -0.25) is 4.79 Å². The maximum absolute atomic E-state index is 12.4. The molecule has 152 valence electrons. The van der Waals surface area contributed by atoms with Crippen molar-refractivity contribution >= 4 is 22.8 Å². The van der Waals surface area contributed by atoms with Crippen LogP contribution in [-0.2, 0) is 16.1 Å². The van der Waals surface area contributed by atoms with Gasteiger partial charge >= 0.3 is 12.1 Å². The summed E-state index contributed by atoms with van der Waals surface area (Å²) in [6.45, 7) is -2.39. The third kappa shape index (κ3) is 5.50. The first kappa shape index (κ1) is 20.2. The van der Waals surface area contributed by atoms with Gasteiger partial charge < -0.3 is 19.2 Å². The monoisotopic (exact) mass is 407 g/mol. The molecule has 3 rings (SSSR count). The molecule has 1 N–H and O–H groups in total. The quantitative estimate of drug-likeness (QED) is 0.602. The van der Waals surface area contributed by atoms with Gasteiger partial charge in [-0.05, 0) is 18.2 Å². The molecule has 1 heterocycles. The summed E-state index contributed by atoms with van der Waals surface area (Å²) in [4.78, 5) is 23.8. The molecule has 0 fully saturated rings. The summed E-state index contributed by atoms with van der Waals surface area (Å²) in [7, 11) is 0. The van der Waals surface area contributed by atoms with E-state index in [2.05, 4.69) is 0 Å². The molecule has 29 heavy (non-hydrogen) atoms. The number of hydrogen-bond donors (Lipinski definition) is 1. The average molecular weight is 407 g/mol. The van der Waals surface area contributed by atoms with E-state index < -0.39 is 31.2 Å². The number of halogens is 3. The van der Waals surface area contributed by atoms with Crippen LogP contribution >= 0.6 is 0 Å². The molecule has 2 aromatic carbocycles. The molecule has 6 nitrogen and oxygen atoms in total. The first-order chi connectivity index (χ1) is 13.8. The fourth-order valence-corrected chi connectivity index (χ4v) is 2.53. The second-order valence-corrected chi connectivity index (χ2v) is 5.98. The molecule has 0 aliphatic rings. The van der Waals surface area contributed by atoms with E-state index in [1.54, 1.807) is 53.8 Å². The summed E-state index contributed by atoms with van der Waals surface area (Å²) < 4.78 is 52.4. The topological polar surface area (TPSA) is 77.8 Å². The number of nitrogens with one attached hydrogen (secondary N) is 1. The number of para-hydroxylation sites is 2. The number of carbonyl (C=O) groups excluding carboxylic acids is 2. The van der Waals surface area contributed by atoms with Gasteiger partial charge in [-0.15, -0.1) is 0 Å². The number of fused-ring (bicyclic) bond motifs is 1. The molecule has 0 radical (unpaired) electrons. The van der Waals surface area contributed by atoms with E-state index >= 15 is 0 Å². The Morgan fingerprint density at radius 3 is 2.41 bits per heavy atom. The van der Waals surface area contributed by atoms with Gasteiger partial charge in [0, 0.05) is 5.39 Å². The van der Waals surface area contributed by atoms with Gasteiger partial charge in [-0.25, -0.2) is 4.79 Å². The van der Waals surface area contributed by atoms with Crippen LogP contribution in [0.1, 0.15) is 16.1 Å². The zero-order valence-electron chi connectivity index (χ0n) is 15.0. The van der Waals surface area contributed by atoms with Crippen LogP contribution in [0.3, 0.4) is 0 Å². The molecule has 0 atom stereocenters. The Hall–Kier alpha value is -3.49. The van der Waals surface area contributed by atoms with E-state index in [1.807, 2.05) is 6.07 Å². The molecule has 1 aromatic heterocycles. The number of ether oxygens (including phenoxy) is 2. The fraction of sp³-hybridized carbons (Fsp3) is 0.200. The minimum absolute atomic E-state index is 0.00820. The van der Waals surface area contributed by atoms with Crippen molar-refractivity contribution < 1.29 is 36.7 Å². The van der Waals surface area contributed by atoms with Gasteiger partial charge in [-0.1, -0.05) is 36.4 Å². The van der Waals surface area contributed by atoms with Crippen LogP contribution in [0.25, 0.3) is 11.0 Å². The maximum atomic E-state index is 12.4. The molecule has 0 spiro atoms. The van der Waals surface area contributed by atoms with E-state index in [9.17, 15) is 22.8 Å². The number of rotatable bonds is 7. The third-order valence-electron chi connectivity index (χ3n) is 3.83. The SMILES string of the molecule is O=C(COC(=O)c1oc2ccccc2c1COc1ccccc1)NCC(F)(F)F. The summed E-state index contributed by atoms with van der Waals surface area (Å²) in [5.41, 5.74) is 0.817. The van der Waals surface area contributed by atoms with E-state index in [0.29, 0.717) is 22.3 Å². The number of esters is 1. The molecular weight excluding hydrogens is 391 g/mol. The second kappa shape index (κ2) is 8.68. The lowest BCUT2D eigenvalue weighted by Gasteiger charge is -2.09. The summed E-state index contributed by atoms with van der Waals surface area (Å²) >= 11 is 0. The minimum Gasteiger partial charge on any atom is -0.489 e. The van der Waals surface area contributed by atoms with Crippen molar-refractivity contribution in [2.45, 2.75) is 12.8 Å². The van der Waals surface area contributed by atoms with Gasteiger partial charge in [0.15, 0.2) is 6.61 Å². The Balaban J connectivity index is 1.72.